The fraction of sp³-hybridized carbons (Fsp3) is 0.357. The molecule has 0 aliphatic carbocycles. The van der Waals surface area contributed by atoms with Crippen LogP contribution in [0.15, 0.2) is 22.7 Å². The third-order valence-electron chi connectivity index (χ3n) is 3.36. The number of benzene rings is 1. The van der Waals surface area contributed by atoms with Gasteiger partial charge in [0.05, 0.1) is 5.69 Å². The van der Waals surface area contributed by atoms with Crippen LogP contribution in [-0.4, -0.2) is 16.8 Å². The number of nitrogens with one attached hydrogen (secondary N) is 1. The zero-order valence-electron chi connectivity index (χ0n) is 11.5. The number of rotatable bonds is 4. The van der Waals surface area contributed by atoms with Crippen LogP contribution in [0.1, 0.15) is 22.9 Å². The van der Waals surface area contributed by atoms with Gasteiger partial charge in [0.15, 0.2) is 0 Å². The summed E-state index contributed by atoms with van der Waals surface area (Å²) in [4.78, 5) is 0. The van der Waals surface area contributed by atoms with E-state index in [1.807, 2.05) is 14.0 Å². The Morgan fingerprint density at radius 3 is 2.75 bits per heavy atom. The van der Waals surface area contributed by atoms with Gasteiger partial charge in [-0.1, -0.05) is 27.5 Å². The van der Waals surface area contributed by atoms with E-state index >= 15 is 0 Å². The molecule has 1 N–H and O–H groups in total. The molecule has 1 atom stereocenters. The van der Waals surface area contributed by atoms with Gasteiger partial charge in [-0.3, -0.25) is 4.68 Å². The average Bonchev–Trinajstić information content (AvgIpc) is 2.65. The first-order valence-corrected chi connectivity index (χ1v) is 7.41. The zero-order valence-corrected chi connectivity index (χ0v) is 13.9. The molecule has 1 unspecified atom stereocenters. The summed E-state index contributed by atoms with van der Waals surface area (Å²) in [6, 6.07) is 4.78. The fourth-order valence-corrected chi connectivity index (χ4v) is 2.89. The summed E-state index contributed by atoms with van der Waals surface area (Å²) in [6.45, 7) is 1.91. The van der Waals surface area contributed by atoms with Gasteiger partial charge in [-0.2, -0.15) is 5.10 Å². The second kappa shape index (κ2) is 6.24. The van der Waals surface area contributed by atoms with Crippen molar-refractivity contribution in [2.45, 2.75) is 19.4 Å². The van der Waals surface area contributed by atoms with Crippen molar-refractivity contribution in [1.82, 2.24) is 15.1 Å². The molecule has 0 radical (unpaired) electrons. The topological polar surface area (TPSA) is 29.9 Å². The van der Waals surface area contributed by atoms with E-state index in [0.29, 0.717) is 17.1 Å². The Balaban J connectivity index is 2.36. The monoisotopic (exact) mass is 359 g/mol. The Morgan fingerprint density at radius 2 is 2.20 bits per heavy atom. The molecule has 0 fully saturated rings. The van der Waals surface area contributed by atoms with E-state index < -0.39 is 0 Å². The van der Waals surface area contributed by atoms with Gasteiger partial charge in [-0.15, -0.1) is 0 Å². The predicted molar refractivity (Wildman–Crippen MR) is 82.6 cm³/mol. The molecule has 3 nitrogen and oxygen atoms in total. The summed E-state index contributed by atoms with van der Waals surface area (Å²) in [5.41, 5.74) is 2.42. The van der Waals surface area contributed by atoms with Gasteiger partial charge >= 0.3 is 0 Å². The quantitative estimate of drug-likeness (QED) is 0.899. The van der Waals surface area contributed by atoms with Gasteiger partial charge in [-0.05, 0) is 38.6 Å². The normalized spacial score (nSPS) is 12.7. The molecule has 2 rings (SSSR count). The molecule has 108 valence electrons. The van der Waals surface area contributed by atoms with Crippen LogP contribution in [0.4, 0.5) is 4.39 Å². The lowest BCUT2D eigenvalue weighted by atomic mass is 9.99. The van der Waals surface area contributed by atoms with Crippen LogP contribution in [-0.2, 0) is 13.5 Å². The van der Waals surface area contributed by atoms with Crippen molar-refractivity contribution in [3.63, 3.8) is 0 Å². The van der Waals surface area contributed by atoms with E-state index in [9.17, 15) is 4.39 Å². The molecule has 0 saturated heterocycles. The van der Waals surface area contributed by atoms with Gasteiger partial charge in [0, 0.05) is 28.7 Å². The average molecular weight is 361 g/mol. The number of halogens is 3. The van der Waals surface area contributed by atoms with E-state index in [4.69, 9.17) is 11.6 Å². The lowest BCUT2D eigenvalue weighted by molar-refractivity contribution is 0.533. The van der Waals surface area contributed by atoms with E-state index in [2.05, 4.69) is 26.3 Å². The fourth-order valence-electron chi connectivity index (χ4n) is 2.26. The molecule has 1 aromatic heterocycles. The van der Waals surface area contributed by atoms with Crippen LogP contribution >= 0.6 is 27.5 Å². The summed E-state index contributed by atoms with van der Waals surface area (Å²) in [6.07, 6.45) is 0.586. The maximum atomic E-state index is 14.0. The predicted octanol–water partition coefficient (Wildman–Crippen LogP) is 3.79. The molecule has 20 heavy (non-hydrogen) atoms. The lowest BCUT2D eigenvalue weighted by Crippen LogP contribution is -2.20. The molecule has 0 saturated carbocycles. The Bertz CT molecular complexity index is 627. The maximum Gasteiger partial charge on any atom is 0.130 e. The number of nitrogens with zero attached hydrogens (tertiary/aromatic N) is 2. The molecule has 2 aromatic rings. The highest BCUT2D eigenvalue weighted by atomic mass is 79.9. The summed E-state index contributed by atoms with van der Waals surface area (Å²) >= 11 is 9.62. The van der Waals surface area contributed by atoms with Crippen molar-refractivity contribution in [1.29, 1.82) is 0 Å². The summed E-state index contributed by atoms with van der Waals surface area (Å²) in [7, 11) is 3.61. The molecule has 1 heterocycles. The number of hydrogen-bond donors (Lipinski definition) is 1. The van der Waals surface area contributed by atoms with Gasteiger partial charge in [0.25, 0.3) is 0 Å². The highest BCUT2D eigenvalue weighted by Crippen LogP contribution is 2.28. The number of likely N-dealkylation sites (N-methyl/N-ethyl adjacent to an activating group) is 1. The molecular formula is C14H16BrClFN3. The highest BCUT2D eigenvalue weighted by Gasteiger charge is 2.20. The van der Waals surface area contributed by atoms with Crippen molar-refractivity contribution in [3.8, 4) is 0 Å². The van der Waals surface area contributed by atoms with E-state index in [1.54, 1.807) is 23.9 Å². The first kappa shape index (κ1) is 15.5. The van der Waals surface area contributed by atoms with Crippen LogP contribution in [0.2, 0.25) is 5.15 Å². The smallest absolute Gasteiger partial charge is 0.130 e. The number of aromatic nitrogens is 2. The van der Waals surface area contributed by atoms with Gasteiger partial charge < -0.3 is 5.32 Å². The Hall–Kier alpha value is -0.910. The first-order valence-electron chi connectivity index (χ1n) is 6.24. The van der Waals surface area contributed by atoms with Crippen LogP contribution in [0.25, 0.3) is 0 Å². The van der Waals surface area contributed by atoms with E-state index in [0.717, 1.165) is 15.7 Å². The molecular weight excluding hydrogens is 345 g/mol. The van der Waals surface area contributed by atoms with E-state index in [1.165, 1.54) is 6.07 Å². The first-order chi connectivity index (χ1) is 9.43. The van der Waals surface area contributed by atoms with Crippen LogP contribution in [0, 0.1) is 12.7 Å². The zero-order chi connectivity index (χ0) is 14.9. The standard InChI is InChI=1S/C14H16BrClFN3/c1-8-10(14(16)20(3)19-8)7-13(18-2)11-6-9(15)4-5-12(11)17/h4-6,13,18H,7H2,1-3H3. The number of aryl methyl sites for hydroxylation is 2. The minimum atomic E-state index is -0.231. The van der Waals surface area contributed by atoms with Crippen molar-refractivity contribution in [3.05, 3.63) is 50.5 Å². The number of hydrogen-bond acceptors (Lipinski definition) is 2. The molecule has 0 spiro atoms. The van der Waals surface area contributed by atoms with Crippen LogP contribution < -0.4 is 5.32 Å². The van der Waals surface area contributed by atoms with Crippen molar-refractivity contribution >= 4 is 27.5 Å². The summed E-state index contributed by atoms with van der Waals surface area (Å²) < 4.78 is 16.5. The third kappa shape index (κ3) is 3.05. The summed E-state index contributed by atoms with van der Waals surface area (Å²) in [5.74, 6) is -0.231. The molecule has 0 bridgehead atoms. The molecule has 0 aliphatic heterocycles. The second-order valence-electron chi connectivity index (χ2n) is 4.69. The highest BCUT2D eigenvalue weighted by molar-refractivity contribution is 9.10. The van der Waals surface area contributed by atoms with Crippen molar-refractivity contribution in [2.75, 3.05) is 7.05 Å². The molecule has 1 aromatic carbocycles. The molecule has 0 amide bonds. The van der Waals surface area contributed by atoms with Crippen molar-refractivity contribution in [2.24, 2.45) is 7.05 Å². The van der Waals surface area contributed by atoms with Crippen LogP contribution in [0.3, 0.4) is 0 Å². The van der Waals surface area contributed by atoms with Crippen LogP contribution in [0.5, 0.6) is 0 Å². The van der Waals surface area contributed by atoms with Gasteiger partial charge in [0.1, 0.15) is 11.0 Å². The lowest BCUT2D eigenvalue weighted by Gasteiger charge is -2.18. The minimum absolute atomic E-state index is 0.159. The van der Waals surface area contributed by atoms with Gasteiger partial charge in [-0.25, -0.2) is 4.39 Å². The Labute approximate surface area is 131 Å². The SMILES string of the molecule is CNC(Cc1c(C)nn(C)c1Cl)c1cc(Br)ccc1F. The maximum absolute atomic E-state index is 14.0. The minimum Gasteiger partial charge on any atom is -0.313 e. The third-order valence-corrected chi connectivity index (χ3v) is 4.33. The Kier molecular flexibility index (Phi) is 4.83. The van der Waals surface area contributed by atoms with Gasteiger partial charge in [0.2, 0.25) is 0 Å². The van der Waals surface area contributed by atoms with Crippen molar-refractivity contribution < 1.29 is 4.39 Å². The Morgan fingerprint density at radius 1 is 1.50 bits per heavy atom. The second-order valence-corrected chi connectivity index (χ2v) is 5.96. The molecule has 6 heteroatoms. The van der Waals surface area contributed by atoms with E-state index in [-0.39, 0.29) is 11.9 Å². The summed E-state index contributed by atoms with van der Waals surface area (Å²) in [5, 5.41) is 8.02. The molecule has 0 aliphatic rings. The largest absolute Gasteiger partial charge is 0.313 e.